The molecule has 0 saturated carbocycles. The standard InChI is InChI=1S/C22H18N2S/c1-24-21(16-25-22(24)23-20-10-6-3-7-11-20)19-14-12-18(13-15-19)17-8-4-2-5-9-17/h2-16H,1H3. The molecule has 0 aliphatic rings. The normalized spacial score (nSPS) is 11.6. The first-order chi connectivity index (χ1) is 12.3. The molecule has 0 bridgehead atoms. The van der Waals surface area contributed by atoms with Crippen LogP contribution in [0.1, 0.15) is 0 Å². The maximum atomic E-state index is 4.73. The van der Waals surface area contributed by atoms with E-state index in [1.807, 2.05) is 36.4 Å². The van der Waals surface area contributed by atoms with E-state index >= 15 is 0 Å². The third-order valence-corrected chi connectivity index (χ3v) is 5.11. The lowest BCUT2D eigenvalue weighted by Crippen LogP contribution is -2.10. The maximum Gasteiger partial charge on any atom is 0.190 e. The molecule has 0 radical (unpaired) electrons. The van der Waals surface area contributed by atoms with Crippen LogP contribution >= 0.6 is 11.3 Å². The second kappa shape index (κ2) is 6.91. The van der Waals surface area contributed by atoms with Crippen LogP contribution in [0.15, 0.2) is 95.3 Å². The lowest BCUT2D eigenvalue weighted by Gasteiger charge is -2.05. The molecule has 0 aliphatic heterocycles. The van der Waals surface area contributed by atoms with E-state index < -0.39 is 0 Å². The fourth-order valence-electron chi connectivity index (χ4n) is 2.81. The van der Waals surface area contributed by atoms with Crippen molar-refractivity contribution in [1.82, 2.24) is 4.57 Å². The molecular weight excluding hydrogens is 324 g/mol. The number of para-hydroxylation sites is 1. The summed E-state index contributed by atoms with van der Waals surface area (Å²) in [6, 6.07) is 29.2. The van der Waals surface area contributed by atoms with Crippen molar-refractivity contribution in [3.63, 3.8) is 0 Å². The second-order valence-electron chi connectivity index (χ2n) is 5.85. The maximum absolute atomic E-state index is 4.73. The van der Waals surface area contributed by atoms with Crippen LogP contribution in [0.3, 0.4) is 0 Å². The zero-order valence-electron chi connectivity index (χ0n) is 14.0. The Hall–Kier alpha value is -2.91. The molecule has 4 rings (SSSR count). The number of hydrogen-bond acceptors (Lipinski definition) is 2. The summed E-state index contributed by atoms with van der Waals surface area (Å²) in [6.45, 7) is 0. The first-order valence-electron chi connectivity index (χ1n) is 8.21. The Bertz CT molecular complexity index is 1030. The van der Waals surface area contributed by atoms with Crippen molar-refractivity contribution in [2.75, 3.05) is 0 Å². The summed E-state index contributed by atoms with van der Waals surface area (Å²) in [5.41, 5.74) is 5.83. The van der Waals surface area contributed by atoms with Gasteiger partial charge in [-0.3, -0.25) is 0 Å². The van der Waals surface area contributed by atoms with E-state index in [0.29, 0.717) is 0 Å². The summed E-state index contributed by atoms with van der Waals surface area (Å²) in [4.78, 5) is 5.73. The topological polar surface area (TPSA) is 17.3 Å². The summed E-state index contributed by atoms with van der Waals surface area (Å²) in [5.74, 6) is 0. The first-order valence-corrected chi connectivity index (χ1v) is 9.09. The van der Waals surface area contributed by atoms with Crippen molar-refractivity contribution >= 4 is 17.0 Å². The molecule has 4 aromatic rings. The summed E-state index contributed by atoms with van der Waals surface area (Å²) in [7, 11) is 2.07. The highest BCUT2D eigenvalue weighted by atomic mass is 32.1. The van der Waals surface area contributed by atoms with Crippen LogP contribution in [0, 0.1) is 0 Å². The van der Waals surface area contributed by atoms with Crippen LogP contribution in [0.2, 0.25) is 0 Å². The lowest BCUT2D eigenvalue weighted by molar-refractivity contribution is 0.883. The summed E-state index contributed by atoms with van der Waals surface area (Å²) in [5, 5.41) is 2.17. The monoisotopic (exact) mass is 342 g/mol. The first kappa shape index (κ1) is 15.6. The van der Waals surface area contributed by atoms with Crippen LogP contribution in [-0.2, 0) is 7.05 Å². The van der Waals surface area contributed by atoms with Gasteiger partial charge >= 0.3 is 0 Å². The molecule has 1 heterocycles. The van der Waals surface area contributed by atoms with Gasteiger partial charge in [0.1, 0.15) is 0 Å². The van der Waals surface area contributed by atoms with Gasteiger partial charge in [0.15, 0.2) is 4.80 Å². The van der Waals surface area contributed by atoms with E-state index in [9.17, 15) is 0 Å². The van der Waals surface area contributed by atoms with Gasteiger partial charge in [-0.1, -0.05) is 72.8 Å². The molecular formula is C22H18N2S. The largest absolute Gasteiger partial charge is 0.320 e. The molecule has 2 nitrogen and oxygen atoms in total. The van der Waals surface area contributed by atoms with Crippen molar-refractivity contribution in [2.24, 2.45) is 12.0 Å². The highest BCUT2D eigenvalue weighted by Crippen LogP contribution is 2.25. The number of hydrogen-bond donors (Lipinski definition) is 0. The molecule has 122 valence electrons. The zero-order chi connectivity index (χ0) is 17.1. The van der Waals surface area contributed by atoms with Crippen molar-refractivity contribution in [3.05, 3.63) is 95.1 Å². The molecule has 0 atom stereocenters. The third-order valence-electron chi connectivity index (χ3n) is 4.19. The Morgan fingerprint density at radius 1 is 0.680 bits per heavy atom. The molecule has 0 fully saturated rings. The number of thiazole rings is 1. The zero-order valence-corrected chi connectivity index (χ0v) is 14.8. The highest BCUT2D eigenvalue weighted by Gasteiger charge is 2.05. The molecule has 25 heavy (non-hydrogen) atoms. The van der Waals surface area contributed by atoms with Gasteiger partial charge in [-0.15, -0.1) is 11.3 Å². The van der Waals surface area contributed by atoms with Gasteiger partial charge in [0, 0.05) is 12.4 Å². The molecule has 0 saturated heterocycles. The minimum absolute atomic E-state index is 0.978. The van der Waals surface area contributed by atoms with Gasteiger partial charge in [-0.25, -0.2) is 4.99 Å². The minimum Gasteiger partial charge on any atom is -0.320 e. The fourth-order valence-corrected chi connectivity index (χ4v) is 3.74. The molecule has 0 aliphatic carbocycles. The molecule has 0 N–H and O–H groups in total. The van der Waals surface area contributed by atoms with Gasteiger partial charge in [0.05, 0.1) is 11.4 Å². The lowest BCUT2D eigenvalue weighted by atomic mass is 10.0. The van der Waals surface area contributed by atoms with Crippen molar-refractivity contribution in [2.45, 2.75) is 0 Å². The third kappa shape index (κ3) is 3.32. The van der Waals surface area contributed by atoms with Crippen LogP contribution in [0.4, 0.5) is 5.69 Å². The molecule has 3 heteroatoms. The smallest absolute Gasteiger partial charge is 0.190 e. The van der Waals surface area contributed by atoms with E-state index in [0.717, 1.165) is 10.5 Å². The van der Waals surface area contributed by atoms with Gasteiger partial charge in [-0.05, 0) is 28.8 Å². The number of benzene rings is 3. The van der Waals surface area contributed by atoms with Crippen molar-refractivity contribution < 1.29 is 0 Å². The highest BCUT2D eigenvalue weighted by molar-refractivity contribution is 7.07. The molecule has 0 spiro atoms. The minimum atomic E-state index is 0.978. The quantitative estimate of drug-likeness (QED) is 0.457. The number of nitrogens with zero attached hydrogens (tertiary/aromatic N) is 2. The molecule has 0 unspecified atom stereocenters. The molecule has 3 aromatic carbocycles. The summed E-state index contributed by atoms with van der Waals surface area (Å²) in [6.07, 6.45) is 0. The summed E-state index contributed by atoms with van der Waals surface area (Å²) >= 11 is 1.66. The van der Waals surface area contributed by atoms with Gasteiger partial charge < -0.3 is 4.57 Å². The average Bonchev–Trinajstić information content (AvgIpc) is 3.04. The van der Waals surface area contributed by atoms with E-state index in [4.69, 9.17) is 4.99 Å². The van der Waals surface area contributed by atoms with Crippen LogP contribution in [0.5, 0.6) is 0 Å². The van der Waals surface area contributed by atoms with Gasteiger partial charge in [0.2, 0.25) is 0 Å². The average molecular weight is 342 g/mol. The van der Waals surface area contributed by atoms with E-state index in [1.54, 1.807) is 11.3 Å². The summed E-state index contributed by atoms with van der Waals surface area (Å²) < 4.78 is 2.15. The number of aromatic nitrogens is 1. The Morgan fingerprint density at radius 3 is 1.92 bits per heavy atom. The fraction of sp³-hybridized carbons (Fsp3) is 0.0455. The Balaban J connectivity index is 1.68. The van der Waals surface area contributed by atoms with E-state index in [2.05, 4.69) is 65.5 Å². The predicted molar refractivity (Wildman–Crippen MR) is 106 cm³/mol. The van der Waals surface area contributed by atoms with Crippen LogP contribution in [-0.4, -0.2) is 4.57 Å². The van der Waals surface area contributed by atoms with Crippen LogP contribution < -0.4 is 4.80 Å². The Morgan fingerprint density at radius 2 is 1.24 bits per heavy atom. The second-order valence-corrected chi connectivity index (χ2v) is 6.69. The SMILES string of the molecule is Cn1c(-c2ccc(-c3ccccc3)cc2)csc1=Nc1ccccc1. The van der Waals surface area contributed by atoms with Gasteiger partial charge in [-0.2, -0.15) is 0 Å². The Kier molecular flexibility index (Phi) is 4.32. The molecule has 0 amide bonds. The van der Waals surface area contributed by atoms with Crippen LogP contribution in [0.25, 0.3) is 22.4 Å². The van der Waals surface area contributed by atoms with Crippen molar-refractivity contribution in [3.8, 4) is 22.4 Å². The van der Waals surface area contributed by atoms with Gasteiger partial charge in [0.25, 0.3) is 0 Å². The molecule has 1 aromatic heterocycles. The number of rotatable bonds is 3. The van der Waals surface area contributed by atoms with E-state index in [-0.39, 0.29) is 0 Å². The Labute approximate surface area is 151 Å². The van der Waals surface area contributed by atoms with Crippen molar-refractivity contribution in [1.29, 1.82) is 0 Å². The van der Waals surface area contributed by atoms with E-state index in [1.165, 1.54) is 22.4 Å². The predicted octanol–water partition coefficient (Wildman–Crippen LogP) is 5.65.